The maximum Gasteiger partial charge on any atom is 0.272 e. The van der Waals surface area contributed by atoms with Crippen LogP contribution in [0.15, 0.2) is 42.5 Å². The molecule has 0 radical (unpaired) electrons. The van der Waals surface area contributed by atoms with Crippen LogP contribution in [0.2, 0.25) is 0 Å². The van der Waals surface area contributed by atoms with Crippen molar-refractivity contribution in [2.45, 2.75) is 61.4 Å². The Morgan fingerprint density at radius 3 is 2.33 bits per heavy atom. The molecule has 8 nitrogen and oxygen atoms in total. The molecular formula is C33H39F2N5O3. The van der Waals surface area contributed by atoms with Gasteiger partial charge in [-0.2, -0.15) is 0 Å². The Morgan fingerprint density at radius 2 is 1.67 bits per heavy atom. The summed E-state index contributed by atoms with van der Waals surface area (Å²) in [7, 11) is 1.79. The van der Waals surface area contributed by atoms with E-state index in [1.807, 2.05) is 72.7 Å². The number of alkyl halides is 2. The monoisotopic (exact) mass is 591 g/mol. The maximum absolute atomic E-state index is 13.3. The molecule has 0 bridgehead atoms. The van der Waals surface area contributed by atoms with Crippen LogP contribution in [0.1, 0.15) is 58.9 Å². The quantitative estimate of drug-likeness (QED) is 0.193. The lowest BCUT2D eigenvalue weighted by Crippen LogP contribution is -2.34. The Hall–Kier alpha value is -4.47. The van der Waals surface area contributed by atoms with E-state index in [0.717, 1.165) is 33.5 Å². The minimum Gasteiger partial charge on any atom is -0.487 e. The number of hydrogen-bond acceptors (Lipinski definition) is 5. The summed E-state index contributed by atoms with van der Waals surface area (Å²) < 4.78 is 33.4. The van der Waals surface area contributed by atoms with Crippen LogP contribution in [0.5, 0.6) is 5.75 Å². The molecule has 1 aromatic heterocycles. The first-order valence-corrected chi connectivity index (χ1v) is 14.1. The first-order valence-electron chi connectivity index (χ1n) is 14.1. The van der Waals surface area contributed by atoms with Crippen LogP contribution in [0.3, 0.4) is 0 Å². The van der Waals surface area contributed by atoms with Crippen LogP contribution in [0.25, 0.3) is 11.0 Å². The van der Waals surface area contributed by atoms with E-state index < -0.39 is 24.4 Å². The second kappa shape index (κ2) is 12.4. The van der Waals surface area contributed by atoms with Gasteiger partial charge < -0.3 is 25.3 Å². The number of nitrogens with one attached hydrogen (secondary N) is 3. The second-order valence-electron chi connectivity index (χ2n) is 11.9. The fourth-order valence-corrected chi connectivity index (χ4v) is 4.62. The molecule has 4 aromatic rings. The molecule has 3 N–H and O–H groups in total. The summed E-state index contributed by atoms with van der Waals surface area (Å²) in [5.74, 6) is -0.0120. The van der Waals surface area contributed by atoms with Crippen molar-refractivity contribution in [3.05, 3.63) is 75.8 Å². The number of imidazole rings is 1. The van der Waals surface area contributed by atoms with E-state index in [0.29, 0.717) is 29.2 Å². The average molecular weight is 592 g/mol. The number of amides is 2. The fourth-order valence-electron chi connectivity index (χ4n) is 4.62. The summed E-state index contributed by atoms with van der Waals surface area (Å²) in [6.45, 7) is 13.0. The van der Waals surface area contributed by atoms with Crippen molar-refractivity contribution < 1.29 is 23.1 Å². The molecule has 0 saturated heterocycles. The van der Waals surface area contributed by atoms with Gasteiger partial charge in [-0.1, -0.05) is 39.0 Å². The van der Waals surface area contributed by atoms with Crippen molar-refractivity contribution in [3.63, 3.8) is 0 Å². The number of benzene rings is 3. The highest BCUT2D eigenvalue weighted by atomic mass is 19.3. The summed E-state index contributed by atoms with van der Waals surface area (Å²) in [6, 6.07) is 12.6. The SMILES string of the molecule is Cc1ccc(NC(=O)c2cc3nc(Nc4c(C)ccc(CNC(=O)C(C)(C)C)c4C)n(C)c3cc2OCC(F)F)cc1C. The zero-order valence-corrected chi connectivity index (χ0v) is 25.9. The molecule has 0 atom stereocenters. The third kappa shape index (κ3) is 7.13. The van der Waals surface area contributed by atoms with E-state index in [9.17, 15) is 18.4 Å². The largest absolute Gasteiger partial charge is 0.487 e. The highest BCUT2D eigenvalue weighted by Gasteiger charge is 2.22. The molecule has 0 aliphatic carbocycles. The van der Waals surface area contributed by atoms with Gasteiger partial charge in [-0.05, 0) is 73.7 Å². The average Bonchev–Trinajstić information content (AvgIpc) is 3.24. The molecule has 43 heavy (non-hydrogen) atoms. The van der Waals surface area contributed by atoms with Gasteiger partial charge in [0.1, 0.15) is 12.4 Å². The van der Waals surface area contributed by atoms with Gasteiger partial charge in [-0.3, -0.25) is 9.59 Å². The molecule has 0 spiro atoms. The molecule has 0 unspecified atom stereocenters. The number of hydrogen-bond donors (Lipinski definition) is 3. The van der Waals surface area contributed by atoms with Gasteiger partial charge in [-0.15, -0.1) is 0 Å². The highest BCUT2D eigenvalue weighted by molar-refractivity contribution is 6.08. The fraction of sp³-hybridized carbons (Fsp3) is 0.364. The predicted octanol–water partition coefficient (Wildman–Crippen LogP) is 7.11. The highest BCUT2D eigenvalue weighted by Crippen LogP contribution is 2.32. The Kier molecular flexibility index (Phi) is 9.08. The second-order valence-corrected chi connectivity index (χ2v) is 11.9. The van der Waals surface area contributed by atoms with Gasteiger partial charge >= 0.3 is 0 Å². The Morgan fingerprint density at radius 1 is 0.977 bits per heavy atom. The summed E-state index contributed by atoms with van der Waals surface area (Å²) in [5, 5.41) is 9.24. The Bertz CT molecular complexity index is 1690. The van der Waals surface area contributed by atoms with Gasteiger partial charge in [0.2, 0.25) is 11.9 Å². The molecule has 10 heteroatoms. The predicted molar refractivity (Wildman–Crippen MR) is 167 cm³/mol. The summed E-state index contributed by atoms with van der Waals surface area (Å²) >= 11 is 0. The molecule has 3 aromatic carbocycles. The third-order valence-corrected chi connectivity index (χ3v) is 7.50. The number of ether oxygens (including phenoxy) is 1. The van der Waals surface area contributed by atoms with Crippen molar-refractivity contribution in [1.82, 2.24) is 14.9 Å². The molecule has 2 amide bonds. The standard InChI is InChI=1S/C33H39F2N5O3/c1-18-10-12-23(13-20(18)3)37-30(41)24-14-25-26(15-27(24)43-17-28(34)35)40(8)32(38-25)39-29-19(2)9-11-22(21(29)4)16-36-31(42)33(5,6)7/h9-15,28H,16-17H2,1-8H3,(H,36,42)(H,37,41)(H,38,39). The number of anilines is 3. The van der Waals surface area contributed by atoms with Gasteiger partial charge in [0.05, 0.1) is 16.6 Å². The van der Waals surface area contributed by atoms with Crippen LogP contribution in [0, 0.1) is 33.1 Å². The summed E-state index contributed by atoms with van der Waals surface area (Å²) in [5.41, 5.74) is 7.08. The molecular weight excluding hydrogens is 552 g/mol. The Labute approximate surface area is 250 Å². The van der Waals surface area contributed by atoms with Crippen molar-refractivity contribution in [2.75, 3.05) is 17.2 Å². The smallest absolute Gasteiger partial charge is 0.272 e. The van der Waals surface area contributed by atoms with Crippen molar-refractivity contribution in [3.8, 4) is 5.75 Å². The molecule has 4 rings (SSSR count). The first-order chi connectivity index (χ1) is 20.1. The van der Waals surface area contributed by atoms with E-state index in [1.54, 1.807) is 29.8 Å². The van der Waals surface area contributed by atoms with Gasteiger partial charge in [0.15, 0.2) is 0 Å². The van der Waals surface area contributed by atoms with Crippen molar-refractivity contribution in [1.29, 1.82) is 0 Å². The minimum absolute atomic E-state index is 0.0348. The van der Waals surface area contributed by atoms with Gasteiger partial charge in [-0.25, -0.2) is 13.8 Å². The maximum atomic E-state index is 13.3. The number of rotatable bonds is 9. The van der Waals surface area contributed by atoms with Gasteiger partial charge in [0, 0.05) is 36.4 Å². The lowest BCUT2D eigenvalue weighted by atomic mass is 9.95. The zero-order valence-electron chi connectivity index (χ0n) is 25.9. The van der Waals surface area contributed by atoms with Crippen molar-refractivity contribution in [2.24, 2.45) is 12.5 Å². The summed E-state index contributed by atoms with van der Waals surface area (Å²) in [6.07, 6.45) is -2.71. The number of carbonyl (C=O) groups excluding carboxylic acids is 2. The minimum atomic E-state index is -2.71. The van der Waals surface area contributed by atoms with E-state index in [1.165, 1.54) is 0 Å². The van der Waals surface area contributed by atoms with Crippen LogP contribution in [-0.2, 0) is 18.4 Å². The Balaban J connectivity index is 1.69. The number of aryl methyl sites for hydroxylation is 4. The normalized spacial score (nSPS) is 11.6. The topological polar surface area (TPSA) is 97.3 Å². The van der Waals surface area contributed by atoms with E-state index >= 15 is 0 Å². The van der Waals surface area contributed by atoms with Crippen LogP contribution in [-0.4, -0.2) is 34.4 Å². The lowest BCUT2D eigenvalue weighted by Gasteiger charge is -2.20. The number of aromatic nitrogens is 2. The first kappa shape index (κ1) is 31.5. The van der Waals surface area contributed by atoms with E-state index in [-0.39, 0.29) is 17.2 Å². The van der Waals surface area contributed by atoms with Crippen LogP contribution in [0.4, 0.5) is 26.1 Å². The molecule has 228 valence electrons. The molecule has 0 saturated carbocycles. The lowest BCUT2D eigenvalue weighted by molar-refractivity contribution is -0.128. The van der Waals surface area contributed by atoms with Gasteiger partial charge in [0.25, 0.3) is 12.3 Å². The van der Waals surface area contributed by atoms with Crippen LogP contribution >= 0.6 is 0 Å². The number of carbonyl (C=O) groups is 2. The summed E-state index contributed by atoms with van der Waals surface area (Å²) in [4.78, 5) is 30.5. The third-order valence-electron chi connectivity index (χ3n) is 7.50. The zero-order chi connectivity index (χ0) is 31.6. The number of fused-ring (bicyclic) bond motifs is 1. The van der Waals surface area contributed by atoms with E-state index in [4.69, 9.17) is 9.72 Å². The molecule has 0 aliphatic heterocycles. The number of halogens is 2. The van der Waals surface area contributed by atoms with Crippen LogP contribution < -0.4 is 20.7 Å². The molecule has 0 fully saturated rings. The molecule has 0 aliphatic rings. The number of nitrogens with zero attached hydrogens (tertiary/aromatic N) is 2. The molecule has 1 heterocycles. The van der Waals surface area contributed by atoms with E-state index in [2.05, 4.69) is 16.0 Å². The van der Waals surface area contributed by atoms with Crippen molar-refractivity contribution >= 4 is 40.2 Å².